The number of nitro benzene ring substituents is 2. The average Bonchev–Trinajstić information content (AvgIpc) is 3.04. The summed E-state index contributed by atoms with van der Waals surface area (Å²) < 4.78 is 0.324. The van der Waals surface area contributed by atoms with Crippen molar-refractivity contribution in [3.05, 3.63) is 78.7 Å². The Bertz CT molecular complexity index is 1180. The summed E-state index contributed by atoms with van der Waals surface area (Å²) in [6, 6.07) is 10.6. The van der Waals surface area contributed by atoms with Crippen LogP contribution in [-0.2, 0) is 9.59 Å². The number of hydrogen-bond acceptors (Lipinski definition) is 9. The number of carbonyl (C=O) groups excluding carboxylic acids is 2. The van der Waals surface area contributed by atoms with Crippen molar-refractivity contribution in [3.8, 4) is 0 Å². The first-order valence-corrected chi connectivity index (χ1v) is 10.7. The van der Waals surface area contributed by atoms with Gasteiger partial charge in [0.1, 0.15) is 10.0 Å². The van der Waals surface area contributed by atoms with E-state index in [1.54, 1.807) is 6.08 Å². The number of hydrazine groups is 1. The lowest BCUT2D eigenvalue weighted by Crippen LogP contribution is -2.35. The molecule has 2 aromatic carbocycles. The molecule has 2 N–H and O–H groups in total. The predicted molar refractivity (Wildman–Crippen MR) is 127 cm³/mol. The standard InChI is InChI=1S/C20H17N5O6S2/c1-12-2-4-13(5-3-12)10-17-19(27)23(20(32)33-17)9-8-18(26)22-21-15-7-6-14(24(28)29)11-16(15)25(30)31/h2-7,10-11,21H,8-9H2,1H3,(H,22,26)/b17-10+. The van der Waals surface area contributed by atoms with E-state index in [1.807, 2.05) is 31.2 Å². The van der Waals surface area contributed by atoms with Crippen LogP contribution in [0.3, 0.4) is 0 Å². The Morgan fingerprint density at radius 3 is 2.48 bits per heavy atom. The van der Waals surface area contributed by atoms with Crippen LogP contribution in [0.4, 0.5) is 17.1 Å². The third kappa shape index (κ3) is 5.90. The number of nitrogens with one attached hydrogen (secondary N) is 2. The molecule has 0 spiro atoms. The van der Waals surface area contributed by atoms with E-state index in [4.69, 9.17) is 12.2 Å². The highest BCUT2D eigenvalue weighted by molar-refractivity contribution is 8.26. The van der Waals surface area contributed by atoms with Crippen molar-refractivity contribution in [1.82, 2.24) is 10.3 Å². The molecular formula is C20H17N5O6S2. The van der Waals surface area contributed by atoms with Crippen molar-refractivity contribution in [2.75, 3.05) is 12.0 Å². The zero-order valence-electron chi connectivity index (χ0n) is 17.1. The number of nitrogens with zero attached hydrogens (tertiary/aromatic N) is 3. The number of rotatable bonds is 8. The zero-order chi connectivity index (χ0) is 24.1. The van der Waals surface area contributed by atoms with Gasteiger partial charge in [0.2, 0.25) is 5.91 Å². The molecule has 0 unspecified atom stereocenters. The zero-order valence-corrected chi connectivity index (χ0v) is 18.8. The monoisotopic (exact) mass is 487 g/mol. The van der Waals surface area contributed by atoms with Crippen molar-refractivity contribution in [3.63, 3.8) is 0 Å². The Morgan fingerprint density at radius 1 is 1.15 bits per heavy atom. The number of nitro groups is 2. The van der Waals surface area contributed by atoms with Crippen molar-refractivity contribution in [1.29, 1.82) is 0 Å². The van der Waals surface area contributed by atoms with Gasteiger partial charge in [-0.3, -0.25) is 45.6 Å². The maximum Gasteiger partial charge on any atom is 0.300 e. The Labute approximate surface area is 197 Å². The Kier molecular flexibility index (Phi) is 7.35. The van der Waals surface area contributed by atoms with Crippen molar-refractivity contribution in [2.45, 2.75) is 13.3 Å². The third-order valence-electron chi connectivity index (χ3n) is 4.54. The summed E-state index contributed by atoms with van der Waals surface area (Å²) in [5, 5.41) is 22.0. The summed E-state index contributed by atoms with van der Waals surface area (Å²) in [7, 11) is 0. The molecule has 11 nitrogen and oxygen atoms in total. The van der Waals surface area contributed by atoms with Gasteiger partial charge in [-0.2, -0.15) is 0 Å². The van der Waals surface area contributed by atoms with E-state index in [0.29, 0.717) is 9.23 Å². The van der Waals surface area contributed by atoms with Gasteiger partial charge in [-0.25, -0.2) is 0 Å². The third-order valence-corrected chi connectivity index (χ3v) is 5.91. The van der Waals surface area contributed by atoms with E-state index in [1.165, 1.54) is 4.90 Å². The lowest BCUT2D eigenvalue weighted by Gasteiger charge is -2.14. The van der Waals surface area contributed by atoms with Gasteiger partial charge in [-0.1, -0.05) is 53.8 Å². The lowest BCUT2D eigenvalue weighted by molar-refractivity contribution is -0.393. The molecule has 1 fully saturated rings. The van der Waals surface area contributed by atoms with Gasteiger partial charge in [0.05, 0.1) is 20.8 Å². The smallest absolute Gasteiger partial charge is 0.292 e. The number of aryl methyl sites for hydroxylation is 1. The summed E-state index contributed by atoms with van der Waals surface area (Å²) in [5.41, 5.74) is 5.49. The largest absolute Gasteiger partial charge is 0.300 e. The van der Waals surface area contributed by atoms with Crippen LogP contribution >= 0.6 is 24.0 Å². The molecule has 2 aromatic rings. The highest BCUT2D eigenvalue weighted by atomic mass is 32.2. The molecule has 1 heterocycles. The van der Waals surface area contributed by atoms with Crippen LogP contribution in [0.1, 0.15) is 17.5 Å². The van der Waals surface area contributed by atoms with Crippen LogP contribution in [0, 0.1) is 27.2 Å². The quantitative estimate of drug-likeness (QED) is 0.247. The number of hydrogen-bond donors (Lipinski definition) is 2. The fourth-order valence-electron chi connectivity index (χ4n) is 2.81. The molecule has 0 radical (unpaired) electrons. The molecule has 2 amide bonds. The van der Waals surface area contributed by atoms with Crippen molar-refractivity contribution < 1.29 is 19.4 Å². The van der Waals surface area contributed by atoms with E-state index in [-0.39, 0.29) is 24.6 Å². The number of non-ortho nitro benzene ring substituents is 1. The minimum Gasteiger partial charge on any atom is -0.292 e. The van der Waals surface area contributed by atoms with Crippen molar-refractivity contribution >= 4 is 63.3 Å². The average molecular weight is 488 g/mol. The van der Waals surface area contributed by atoms with Gasteiger partial charge in [-0.05, 0) is 24.6 Å². The highest BCUT2D eigenvalue weighted by Crippen LogP contribution is 2.32. The SMILES string of the molecule is Cc1ccc(/C=C2/SC(=S)N(CCC(=O)NNc3ccc([N+](=O)[O-])cc3[N+](=O)[O-])C2=O)cc1. The van der Waals surface area contributed by atoms with Gasteiger partial charge in [0.15, 0.2) is 0 Å². The molecule has 13 heteroatoms. The lowest BCUT2D eigenvalue weighted by atomic mass is 10.1. The molecule has 0 bridgehead atoms. The first kappa shape index (κ1) is 23.8. The van der Waals surface area contributed by atoms with Crippen LogP contribution < -0.4 is 10.9 Å². The second kappa shape index (κ2) is 10.2. The van der Waals surface area contributed by atoms with Gasteiger partial charge in [0, 0.05) is 19.0 Å². The molecule has 3 rings (SSSR count). The second-order valence-electron chi connectivity index (χ2n) is 6.88. The molecule has 0 saturated carbocycles. The number of thiocarbonyl (C=S) groups is 1. The van der Waals surface area contributed by atoms with E-state index in [0.717, 1.165) is 41.1 Å². The van der Waals surface area contributed by atoms with Crippen LogP contribution in [0.2, 0.25) is 0 Å². The second-order valence-corrected chi connectivity index (χ2v) is 8.56. The predicted octanol–water partition coefficient (Wildman–Crippen LogP) is 3.55. The van der Waals surface area contributed by atoms with Gasteiger partial charge >= 0.3 is 5.69 Å². The van der Waals surface area contributed by atoms with Gasteiger partial charge < -0.3 is 0 Å². The summed E-state index contributed by atoms with van der Waals surface area (Å²) in [6.45, 7) is 1.98. The number of benzene rings is 2. The Morgan fingerprint density at radius 2 is 1.85 bits per heavy atom. The number of thioether (sulfide) groups is 1. The summed E-state index contributed by atoms with van der Waals surface area (Å²) in [4.78, 5) is 47.0. The Balaban J connectivity index is 1.58. The molecular weight excluding hydrogens is 470 g/mol. The number of anilines is 1. The first-order valence-electron chi connectivity index (χ1n) is 9.45. The van der Waals surface area contributed by atoms with E-state index in [2.05, 4.69) is 10.9 Å². The molecule has 33 heavy (non-hydrogen) atoms. The molecule has 1 aliphatic rings. The first-order chi connectivity index (χ1) is 15.7. The molecule has 1 saturated heterocycles. The van der Waals surface area contributed by atoms with Gasteiger partial charge in [0.25, 0.3) is 11.6 Å². The molecule has 0 aromatic heterocycles. The number of amides is 2. The molecule has 0 aliphatic carbocycles. The maximum atomic E-state index is 12.7. The van der Waals surface area contributed by atoms with Crippen LogP contribution in [0.15, 0.2) is 47.4 Å². The highest BCUT2D eigenvalue weighted by Gasteiger charge is 2.32. The maximum absolute atomic E-state index is 12.7. The normalized spacial score (nSPS) is 14.5. The topological polar surface area (TPSA) is 148 Å². The Hall–Kier alpha value is -3.84. The summed E-state index contributed by atoms with van der Waals surface area (Å²) in [5.74, 6) is -0.864. The minimum absolute atomic E-state index is 0.0196. The number of carbonyl (C=O) groups is 2. The molecule has 0 atom stereocenters. The van der Waals surface area contributed by atoms with E-state index < -0.39 is 27.1 Å². The van der Waals surface area contributed by atoms with E-state index in [9.17, 15) is 29.8 Å². The van der Waals surface area contributed by atoms with Crippen LogP contribution in [0.25, 0.3) is 6.08 Å². The van der Waals surface area contributed by atoms with Crippen LogP contribution in [0.5, 0.6) is 0 Å². The fraction of sp³-hybridized carbons (Fsp3) is 0.150. The van der Waals surface area contributed by atoms with Crippen LogP contribution in [-0.4, -0.2) is 37.4 Å². The molecule has 1 aliphatic heterocycles. The fourth-order valence-corrected chi connectivity index (χ4v) is 4.12. The summed E-state index contributed by atoms with van der Waals surface area (Å²) >= 11 is 6.40. The van der Waals surface area contributed by atoms with Crippen molar-refractivity contribution in [2.24, 2.45) is 0 Å². The summed E-state index contributed by atoms with van der Waals surface area (Å²) in [6.07, 6.45) is 1.60. The molecule has 170 valence electrons. The minimum atomic E-state index is -0.804. The van der Waals surface area contributed by atoms with E-state index >= 15 is 0 Å². The van der Waals surface area contributed by atoms with Gasteiger partial charge in [-0.15, -0.1) is 0 Å².